The number of rotatable bonds is 8. The summed E-state index contributed by atoms with van der Waals surface area (Å²) in [5, 5.41) is 6.70. The van der Waals surface area contributed by atoms with Gasteiger partial charge in [0.2, 0.25) is 0 Å². The second-order valence-corrected chi connectivity index (χ2v) is 3.75. The van der Waals surface area contributed by atoms with Crippen molar-refractivity contribution in [3.63, 3.8) is 0 Å². The van der Waals surface area contributed by atoms with Crippen LogP contribution < -0.4 is 10.6 Å². The summed E-state index contributed by atoms with van der Waals surface area (Å²) in [5.74, 6) is 0. The van der Waals surface area contributed by atoms with Crippen LogP contribution in [0.1, 0.15) is 38.5 Å². The molecule has 0 saturated heterocycles. The Morgan fingerprint density at radius 3 is 2.25 bits per heavy atom. The van der Waals surface area contributed by atoms with Gasteiger partial charge in [-0.15, -0.1) is 0 Å². The van der Waals surface area contributed by atoms with Crippen molar-refractivity contribution in [2.24, 2.45) is 0 Å². The smallest absolute Gasteiger partial charge is 0.00682 e. The first-order valence-corrected chi connectivity index (χ1v) is 5.31. The van der Waals surface area contributed by atoms with Crippen molar-refractivity contribution < 1.29 is 0 Å². The van der Waals surface area contributed by atoms with E-state index in [1.165, 1.54) is 51.6 Å². The van der Waals surface area contributed by atoms with Gasteiger partial charge in [0.15, 0.2) is 0 Å². The quantitative estimate of drug-likeness (QED) is 0.540. The number of unbranched alkanes of at least 4 members (excludes halogenated alkanes) is 3. The zero-order chi connectivity index (χ0) is 8.65. The Kier molecular flexibility index (Phi) is 5.37. The minimum atomic E-state index is 0.891. The molecule has 2 heteroatoms. The van der Waals surface area contributed by atoms with Crippen molar-refractivity contribution >= 4 is 0 Å². The maximum atomic E-state index is 3.53. The third kappa shape index (κ3) is 5.56. The highest BCUT2D eigenvalue weighted by Crippen LogP contribution is 2.18. The standard InChI is InChI=1S/C10H22N2/c1-11-8-4-2-3-5-9-12-10-6-7-10/h10-12H,2-9H2,1H3. The van der Waals surface area contributed by atoms with Gasteiger partial charge < -0.3 is 10.6 Å². The highest BCUT2D eigenvalue weighted by atomic mass is 14.9. The van der Waals surface area contributed by atoms with Crippen LogP contribution in [0.15, 0.2) is 0 Å². The highest BCUT2D eigenvalue weighted by molar-refractivity contribution is 4.80. The third-order valence-electron chi connectivity index (χ3n) is 2.36. The summed E-state index contributed by atoms with van der Waals surface area (Å²) in [6.45, 7) is 2.42. The molecule has 2 N–H and O–H groups in total. The molecule has 0 aromatic heterocycles. The fourth-order valence-electron chi connectivity index (χ4n) is 1.37. The molecule has 1 aliphatic rings. The van der Waals surface area contributed by atoms with Crippen molar-refractivity contribution in [2.45, 2.75) is 44.6 Å². The average Bonchev–Trinajstić information content (AvgIpc) is 2.87. The van der Waals surface area contributed by atoms with Crippen molar-refractivity contribution in [1.29, 1.82) is 0 Å². The van der Waals surface area contributed by atoms with E-state index in [0.29, 0.717) is 0 Å². The Labute approximate surface area is 76.1 Å². The van der Waals surface area contributed by atoms with Gasteiger partial charge in [-0.25, -0.2) is 0 Å². The van der Waals surface area contributed by atoms with E-state index >= 15 is 0 Å². The summed E-state index contributed by atoms with van der Waals surface area (Å²) in [4.78, 5) is 0. The van der Waals surface area contributed by atoms with E-state index in [4.69, 9.17) is 0 Å². The van der Waals surface area contributed by atoms with Crippen LogP contribution in [0.3, 0.4) is 0 Å². The van der Waals surface area contributed by atoms with Crippen LogP contribution in [0.25, 0.3) is 0 Å². The normalized spacial score (nSPS) is 16.8. The van der Waals surface area contributed by atoms with Gasteiger partial charge in [-0.05, 0) is 45.8 Å². The molecule has 0 aromatic carbocycles. The molecule has 0 amide bonds. The Bertz CT molecular complexity index is 100. The zero-order valence-corrected chi connectivity index (χ0v) is 8.23. The molecule has 1 rings (SSSR count). The maximum Gasteiger partial charge on any atom is 0.00682 e. The number of nitrogens with one attached hydrogen (secondary N) is 2. The fraction of sp³-hybridized carbons (Fsp3) is 1.00. The van der Waals surface area contributed by atoms with E-state index in [0.717, 1.165) is 6.04 Å². The SMILES string of the molecule is CNCCCCCCNC1CC1. The van der Waals surface area contributed by atoms with E-state index in [-0.39, 0.29) is 0 Å². The van der Waals surface area contributed by atoms with E-state index in [9.17, 15) is 0 Å². The third-order valence-corrected chi connectivity index (χ3v) is 2.36. The molecule has 2 nitrogen and oxygen atoms in total. The van der Waals surface area contributed by atoms with Crippen molar-refractivity contribution in [2.75, 3.05) is 20.1 Å². The predicted molar refractivity (Wildman–Crippen MR) is 53.4 cm³/mol. The summed E-state index contributed by atoms with van der Waals surface area (Å²) in [6, 6.07) is 0.891. The molecule has 72 valence electrons. The van der Waals surface area contributed by atoms with Crippen LogP contribution in [0.2, 0.25) is 0 Å². The van der Waals surface area contributed by atoms with Gasteiger partial charge in [0, 0.05) is 6.04 Å². The number of hydrogen-bond acceptors (Lipinski definition) is 2. The zero-order valence-electron chi connectivity index (χ0n) is 8.23. The van der Waals surface area contributed by atoms with Gasteiger partial charge >= 0.3 is 0 Å². The van der Waals surface area contributed by atoms with E-state index in [1.54, 1.807) is 0 Å². The van der Waals surface area contributed by atoms with E-state index in [2.05, 4.69) is 10.6 Å². The minimum Gasteiger partial charge on any atom is -0.320 e. The molecule has 0 atom stereocenters. The Morgan fingerprint density at radius 2 is 1.67 bits per heavy atom. The van der Waals surface area contributed by atoms with E-state index < -0.39 is 0 Å². The molecule has 0 heterocycles. The van der Waals surface area contributed by atoms with Crippen LogP contribution >= 0.6 is 0 Å². The summed E-state index contributed by atoms with van der Waals surface area (Å²) in [7, 11) is 2.02. The average molecular weight is 170 g/mol. The topological polar surface area (TPSA) is 24.1 Å². The molecule has 0 radical (unpaired) electrons. The molecule has 0 unspecified atom stereocenters. The summed E-state index contributed by atoms with van der Waals surface area (Å²) in [6.07, 6.45) is 8.30. The van der Waals surface area contributed by atoms with Gasteiger partial charge in [0.25, 0.3) is 0 Å². The van der Waals surface area contributed by atoms with E-state index in [1.807, 2.05) is 7.05 Å². The molecule has 0 aliphatic heterocycles. The molecule has 12 heavy (non-hydrogen) atoms. The van der Waals surface area contributed by atoms with Crippen LogP contribution in [0.5, 0.6) is 0 Å². The van der Waals surface area contributed by atoms with Gasteiger partial charge in [-0.2, -0.15) is 0 Å². The lowest BCUT2D eigenvalue weighted by atomic mass is 10.2. The highest BCUT2D eigenvalue weighted by Gasteiger charge is 2.19. The monoisotopic (exact) mass is 170 g/mol. The lowest BCUT2D eigenvalue weighted by Crippen LogP contribution is -2.17. The molecule has 1 fully saturated rings. The van der Waals surface area contributed by atoms with Gasteiger partial charge in [0.1, 0.15) is 0 Å². The summed E-state index contributed by atoms with van der Waals surface area (Å²) < 4.78 is 0. The van der Waals surface area contributed by atoms with Gasteiger partial charge in [-0.3, -0.25) is 0 Å². The first kappa shape index (κ1) is 10.0. The molecular weight excluding hydrogens is 148 g/mol. The molecule has 0 spiro atoms. The molecular formula is C10H22N2. The largest absolute Gasteiger partial charge is 0.320 e. The van der Waals surface area contributed by atoms with Crippen molar-refractivity contribution in [3.8, 4) is 0 Å². The molecule has 0 aromatic rings. The minimum absolute atomic E-state index is 0.891. The second-order valence-electron chi connectivity index (χ2n) is 3.75. The predicted octanol–water partition coefficient (Wildman–Crippen LogP) is 1.52. The van der Waals surface area contributed by atoms with Crippen molar-refractivity contribution in [1.82, 2.24) is 10.6 Å². The maximum absolute atomic E-state index is 3.53. The van der Waals surface area contributed by atoms with Crippen LogP contribution in [-0.4, -0.2) is 26.2 Å². The first-order chi connectivity index (χ1) is 5.93. The molecule has 1 saturated carbocycles. The van der Waals surface area contributed by atoms with Crippen molar-refractivity contribution in [3.05, 3.63) is 0 Å². The van der Waals surface area contributed by atoms with Gasteiger partial charge in [-0.1, -0.05) is 12.8 Å². The lowest BCUT2D eigenvalue weighted by Gasteiger charge is -2.02. The molecule has 0 bridgehead atoms. The molecule has 1 aliphatic carbocycles. The Hall–Kier alpha value is -0.0800. The van der Waals surface area contributed by atoms with Crippen LogP contribution in [0, 0.1) is 0 Å². The summed E-state index contributed by atoms with van der Waals surface area (Å²) in [5.41, 5.74) is 0. The summed E-state index contributed by atoms with van der Waals surface area (Å²) >= 11 is 0. The first-order valence-electron chi connectivity index (χ1n) is 5.31. The lowest BCUT2D eigenvalue weighted by molar-refractivity contribution is 0.576. The second kappa shape index (κ2) is 6.44. The van der Waals surface area contributed by atoms with Crippen LogP contribution in [-0.2, 0) is 0 Å². The fourth-order valence-corrected chi connectivity index (χ4v) is 1.37. The van der Waals surface area contributed by atoms with Gasteiger partial charge in [0.05, 0.1) is 0 Å². The Morgan fingerprint density at radius 1 is 1.00 bits per heavy atom. The van der Waals surface area contributed by atoms with Crippen LogP contribution in [0.4, 0.5) is 0 Å². The Balaban J connectivity index is 1.65. The number of hydrogen-bond donors (Lipinski definition) is 2.